The molecule has 0 aromatic rings. The fourth-order valence-electron chi connectivity index (χ4n) is 4.03. The fourth-order valence-corrected chi connectivity index (χ4v) is 5.91. The Bertz CT molecular complexity index is 439. The Kier molecular flexibility index (Phi) is 6.31. The molecule has 0 N–H and O–H groups in total. The van der Waals surface area contributed by atoms with Gasteiger partial charge in [-0.2, -0.15) is 5.06 Å². The normalized spacial score (nSPS) is 33.6. The van der Waals surface area contributed by atoms with Crippen molar-refractivity contribution in [2.75, 3.05) is 0 Å². The lowest BCUT2D eigenvalue weighted by Gasteiger charge is -2.30. The first-order valence-electron chi connectivity index (χ1n) is 9.03. The summed E-state index contributed by atoms with van der Waals surface area (Å²) in [5.41, 5.74) is 0. The first-order chi connectivity index (χ1) is 10.4. The average molecular weight is 332 g/mol. The second-order valence-corrected chi connectivity index (χ2v) is 10.0. The maximum Gasteiger partial charge on any atom is 0.159 e. The molecule has 1 aliphatic heterocycles. The van der Waals surface area contributed by atoms with Gasteiger partial charge in [0.05, 0.1) is 17.4 Å². The molecule has 1 saturated heterocycles. The van der Waals surface area contributed by atoms with E-state index in [-0.39, 0.29) is 17.4 Å². The molecule has 0 amide bonds. The van der Waals surface area contributed by atoms with E-state index in [0.29, 0.717) is 6.04 Å². The largest absolute Gasteiger partial charge is 0.294 e. The summed E-state index contributed by atoms with van der Waals surface area (Å²) in [5, 5.41) is 1.30. The number of sulfone groups is 1. The van der Waals surface area contributed by atoms with Crippen molar-refractivity contribution in [2.24, 2.45) is 0 Å². The topological polar surface area (TPSA) is 46.6 Å². The summed E-state index contributed by atoms with van der Waals surface area (Å²) in [6, 6.07) is 0.330. The summed E-state index contributed by atoms with van der Waals surface area (Å²) in [7, 11) is -3.14. The Morgan fingerprint density at radius 1 is 0.955 bits per heavy atom. The number of nitrogens with zero attached hydrogens (tertiary/aromatic N) is 1. The predicted molar refractivity (Wildman–Crippen MR) is 90.4 cm³/mol. The summed E-state index contributed by atoms with van der Waals surface area (Å²) in [4.78, 5) is 6.05. The van der Waals surface area contributed by atoms with Crippen LogP contribution < -0.4 is 0 Å². The lowest BCUT2D eigenvalue weighted by Crippen LogP contribution is -2.44. The smallest absolute Gasteiger partial charge is 0.159 e. The van der Waals surface area contributed by atoms with E-state index in [9.17, 15) is 8.42 Å². The molecule has 2 aliphatic rings. The monoisotopic (exact) mass is 331 g/mol. The van der Waals surface area contributed by atoms with E-state index in [0.717, 1.165) is 12.8 Å². The Labute approximate surface area is 136 Å². The van der Waals surface area contributed by atoms with Crippen LogP contribution in [-0.4, -0.2) is 42.2 Å². The van der Waals surface area contributed by atoms with Crippen LogP contribution in [-0.2, 0) is 14.7 Å². The zero-order chi connectivity index (χ0) is 16.3. The summed E-state index contributed by atoms with van der Waals surface area (Å²) >= 11 is 0. The summed E-state index contributed by atoms with van der Waals surface area (Å²) in [6.07, 6.45) is 9.74. The predicted octanol–water partition coefficient (Wildman–Crippen LogP) is 3.71. The Morgan fingerprint density at radius 3 is 1.95 bits per heavy atom. The molecule has 3 unspecified atom stereocenters. The van der Waals surface area contributed by atoms with Gasteiger partial charge in [0.2, 0.25) is 0 Å². The number of rotatable bonds is 3. The van der Waals surface area contributed by atoms with Crippen LogP contribution in [0.3, 0.4) is 0 Å². The van der Waals surface area contributed by atoms with Crippen molar-refractivity contribution in [1.82, 2.24) is 5.06 Å². The van der Waals surface area contributed by atoms with Crippen LogP contribution in [0.5, 0.6) is 0 Å². The fraction of sp³-hybridized carbons (Fsp3) is 1.00. The number of hydroxylamine groups is 2. The van der Waals surface area contributed by atoms with Crippen molar-refractivity contribution in [2.45, 2.75) is 108 Å². The standard InChI is InChI=1S/C17H33NO3S/c1-13(2)22(19,20)17-14(3)18(21-15(17)4)16-11-9-7-5-6-8-10-12-16/h13-17H,5-12H2,1-4H3. The van der Waals surface area contributed by atoms with Crippen molar-refractivity contribution in [3.63, 3.8) is 0 Å². The molecular weight excluding hydrogens is 298 g/mol. The van der Waals surface area contributed by atoms with E-state index in [4.69, 9.17) is 4.84 Å². The van der Waals surface area contributed by atoms with Gasteiger partial charge < -0.3 is 0 Å². The van der Waals surface area contributed by atoms with E-state index in [2.05, 4.69) is 0 Å². The molecule has 0 aromatic heterocycles. The highest BCUT2D eigenvalue weighted by atomic mass is 32.2. The lowest BCUT2D eigenvalue weighted by atomic mass is 10.0. The van der Waals surface area contributed by atoms with Crippen LogP contribution in [0, 0.1) is 0 Å². The molecule has 0 spiro atoms. The zero-order valence-corrected chi connectivity index (χ0v) is 15.4. The third-order valence-electron chi connectivity index (χ3n) is 5.35. The molecule has 5 heteroatoms. The van der Waals surface area contributed by atoms with Crippen LogP contribution in [0.15, 0.2) is 0 Å². The number of hydrogen-bond acceptors (Lipinski definition) is 4. The van der Waals surface area contributed by atoms with Gasteiger partial charge in [-0.3, -0.25) is 4.84 Å². The third kappa shape index (κ3) is 3.85. The van der Waals surface area contributed by atoms with Gasteiger partial charge in [0.1, 0.15) is 5.25 Å². The highest BCUT2D eigenvalue weighted by molar-refractivity contribution is 7.92. The van der Waals surface area contributed by atoms with E-state index in [1.54, 1.807) is 13.8 Å². The first kappa shape index (κ1) is 18.2. The van der Waals surface area contributed by atoms with Crippen molar-refractivity contribution in [3.05, 3.63) is 0 Å². The van der Waals surface area contributed by atoms with Gasteiger partial charge in [-0.25, -0.2) is 8.42 Å². The summed E-state index contributed by atoms with van der Waals surface area (Å²) in [5.74, 6) is 0. The minimum Gasteiger partial charge on any atom is -0.294 e. The SMILES string of the molecule is CC1ON(C2CCCCCCCC2)C(C)C1S(=O)(=O)C(C)C. The molecule has 22 heavy (non-hydrogen) atoms. The number of hydrogen-bond donors (Lipinski definition) is 0. The summed E-state index contributed by atoms with van der Waals surface area (Å²) < 4.78 is 25.3. The Morgan fingerprint density at radius 2 is 1.45 bits per heavy atom. The van der Waals surface area contributed by atoms with Gasteiger partial charge in [0.25, 0.3) is 0 Å². The zero-order valence-electron chi connectivity index (χ0n) is 14.6. The van der Waals surface area contributed by atoms with Crippen LogP contribution in [0.4, 0.5) is 0 Å². The maximum atomic E-state index is 12.7. The van der Waals surface area contributed by atoms with Crippen LogP contribution in [0.25, 0.3) is 0 Å². The van der Waals surface area contributed by atoms with E-state index < -0.39 is 15.1 Å². The van der Waals surface area contributed by atoms with Gasteiger partial charge in [-0.05, 0) is 40.5 Å². The average Bonchev–Trinajstić information content (AvgIpc) is 2.80. The molecule has 1 heterocycles. The second-order valence-electron chi connectivity index (χ2n) is 7.37. The highest BCUT2D eigenvalue weighted by Gasteiger charge is 2.48. The molecule has 3 atom stereocenters. The molecule has 0 bridgehead atoms. The molecule has 1 aliphatic carbocycles. The maximum absolute atomic E-state index is 12.7. The van der Waals surface area contributed by atoms with Crippen molar-refractivity contribution in [1.29, 1.82) is 0 Å². The molecule has 4 nitrogen and oxygen atoms in total. The van der Waals surface area contributed by atoms with Crippen LogP contribution >= 0.6 is 0 Å². The molecule has 0 radical (unpaired) electrons. The molecular formula is C17H33NO3S. The van der Waals surface area contributed by atoms with Gasteiger partial charge in [-0.15, -0.1) is 0 Å². The van der Waals surface area contributed by atoms with E-state index in [1.807, 2.05) is 18.9 Å². The quantitative estimate of drug-likeness (QED) is 0.791. The molecule has 2 fully saturated rings. The molecule has 130 valence electrons. The second kappa shape index (κ2) is 7.63. The molecule has 2 rings (SSSR count). The van der Waals surface area contributed by atoms with Crippen molar-refractivity contribution in [3.8, 4) is 0 Å². The van der Waals surface area contributed by atoms with Gasteiger partial charge >= 0.3 is 0 Å². The Hall–Kier alpha value is -0.130. The molecule has 0 aromatic carbocycles. The van der Waals surface area contributed by atoms with Gasteiger partial charge in [0.15, 0.2) is 9.84 Å². The van der Waals surface area contributed by atoms with Crippen molar-refractivity contribution < 1.29 is 13.3 Å². The van der Waals surface area contributed by atoms with Gasteiger partial charge in [0, 0.05) is 6.04 Å². The van der Waals surface area contributed by atoms with Crippen LogP contribution in [0.1, 0.15) is 79.1 Å². The van der Waals surface area contributed by atoms with E-state index in [1.165, 1.54) is 38.5 Å². The van der Waals surface area contributed by atoms with Gasteiger partial charge in [-0.1, -0.05) is 38.5 Å². The highest BCUT2D eigenvalue weighted by Crippen LogP contribution is 2.34. The third-order valence-corrected chi connectivity index (χ3v) is 8.20. The minimum atomic E-state index is -3.14. The summed E-state index contributed by atoms with van der Waals surface area (Å²) in [6.45, 7) is 7.49. The van der Waals surface area contributed by atoms with E-state index >= 15 is 0 Å². The molecule has 1 saturated carbocycles. The lowest BCUT2D eigenvalue weighted by molar-refractivity contribution is -0.186. The van der Waals surface area contributed by atoms with Crippen LogP contribution in [0.2, 0.25) is 0 Å². The Balaban J connectivity index is 2.12. The van der Waals surface area contributed by atoms with Crippen molar-refractivity contribution >= 4 is 9.84 Å². The minimum absolute atomic E-state index is 0.0480. The first-order valence-corrected chi connectivity index (χ1v) is 10.6.